The van der Waals surface area contributed by atoms with Crippen LogP contribution in [0.5, 0.6) is 0 Å². The second-order valence-corrected chi connectivity index (χ2v) is 7.80. The van der Waals surface area contributed by atoms with Gasteiger partial charge in [-0.15, -0.1) is 0 Å². The number of imide groups is 1. The molecule has 2 aliphatic rings. The molecule has 2 heterocycles. The minimum atomic E-state index is -0.279. The molecule has 1 atom stereocenters. The second kappa shape index (κ2) is 6.95. The monoisotopic (exact) mass is 396 g/mol. The summed E-state index contributed by atoms with van der Waals surface area (Å²) in [5, 5.41) is 0. The third-order valence-corrected chi connectivity index (χ3v) is 5.85. The molecule has 0 aliphatic carbocycles. The van der Waals surface area contributed by atoms with Crippen molar-refractivity contribution in [2.75, 3.05) is 4.90 Å². The lowest BCUT2D eigenvalue weighted by atomic mass is 10.1. The smallest absolute Gasteiger partial charge is 0.261 e. The van der Waals surface area contributed by atoms with E-state index in [-0.39, 0.29) is 30.3 Å². The van der Waals surface area contributed by atoms with E-state index in [4.69, 9.17) is 0 Å². The molecular formula is C25H20N2O3. The zero-order chi connectivity index (χ0) is 20.8. The minimum Gasteiger partial charge on any atom is -0.305 e. The average Bonchev–Trinajstić information content (AvgIpc) is 3.23. The van der Waals surface area contributed by atoms with Crippen molar-refractivity contribution in [3.8, 4) is 0 Å². The number of hydrogen-bond donors (Lipinski definition) is 0. The molecule has 0 fully saturated rings. The summed E-state index contributed by atoms with van der Waals surface area (Å²) in [6.07, 6.45) is 0.847. The summed E-state index contributed by atoms with van der Waals surface area (Å²) in [4.78, 5) is 41.3. The summed E-state index contributed by atoms with van der Waals surface area (Å²) < 4.78 is 0. The first-order chi connectivity index (χ1) is 14.5. The Bertz CT molecular complexity index is 1150. The maximum absolute atomic E-state index is 13.1. The summed E-state index contributed by atoms with van der Waals surface area (Å²) in [5.41, 5.74) is 4.42. The second-order valence-electron chi connectivity index (χ2n) is 7.80. The molecule has 148 valence electrons. The van der Waals surface area contributed by atoms with Gasteiger partial charge in [-0.3, -0.25) is 19.3 Å². The number of rotatable bonds is 3. The van der Waals surface area contributed by atoms with Crippen LogP contribution >= 0.6 is 0 Å². The van der Waals surface area contributed by atoms with Gasteiger partial charge in [0.15, 0.2) is 0 Å². The fraction of sp³-hybridized carbons (Fsp3) is 0.160. The van der Waals surface area contributed by atoms with Crippen molar-refractivity contribution in [2.45, 2.75) is 25.9 Å². The minimum absolute atomic E-state index is 0.0419. The molecule has 5 heteroatoms. The van der Waals surface area contributed by atoms with E-state index in [0.29, 0.717) is 16.7 Å². The van der Waals surface area contributed by atoms with Crippen LogP contribution in [-0.4, -0.2) is 28.7 Å². The van der Waals surface area contributed by atoms with Gasteiger partial charge in [-0.05, 0) is 54.8 Å². The Balaban J connectivity index is 1.35. The maximum atomic E-state index is 13.1. The molecule has 0 bridgehead atoms. The van der Waals surface area contributed by atoms with Gasteiger partial charge in [0.1, 0.15) is 0 Å². The Kier molecular flexibility index (Phi) is 4.24. The number of anilines is 1. The molecule has 0 unspecified atom stereocenters. The van der Waals surface area contributed by atoms with Crippen molar-refractivity contribution in [1.29, 1.82) is 0 Å². The van der Waals surface area contributed by atoms with E-state index in [9.17, 15) is 14.4 Å². The van der Waals surface area contributed by atoms with E-state index in [1.54, 1.807) is 36.4 Å². The molecule has 0 saturated heterocycles. The number of fused-ring (bicyclic) bond motifs is 2. The first-order valence-corrected chi connectivity index (χ1v) is 10.00. The SMILES string of the molecule is C[C@H]1Cc2ccccc2N1C(=O)c1ccc(CN2C(=O)c3ccccc3C2=O)cc1. The molecule has 0 saturated carbocycles. The largest absolute Gasteiger partial charge is 0.305 e. The van der Waals surface area contributed by atoms with Gasteiger partial charge in [-0.2, -0.15) is 0 Å². The fourth-order valence-corrected chi connectivity index (χ4v) is 4.33. The molecule has 0 N–H and O–H groups in total. The molecular weight excluding hydrogens is 376 g/mol. The topological polar surface area (TPSA) is 57.7 Å². The number of benzene rings is 3. The number of carbonyl (C=O) groups is 3. The molecule has 30 heavy (non-hydrogen) atoms. The zero-order valence-electron chi connectivity index (χ0n) is 16.5. The highest BCUT2D eigenvalue weighted by Gasteiger charge is 2.35. The van der Waals surface area contributed by atoms with Crippen LogP contribution in [0.3, 0.4) is 0 Å². The molecule has 2 aliphatic heterocycles. The van der Waals surface area contributed by atoms with Gasteiger partial charge in [-0.1, -0.05) is 42.5 Å². The molecule has 3 amide bonds. The molecule has 5 nitrogen and oxygen atoms in total. The molecule has 5 rings (SSSR count). The van der Waals surface area contributed by atoms with Crippen LogP contribution in [0.15, 0.2) is 72.8 Å². The molecule has 3 aromatic rings. The van der Waals surface area contributed by atoms with Crippen molar-refractivity contribution in [3.63, 3.8) is 0 Å². The predicted octanol–water partition coefficient (Wildman–Crippen LogP) is 4.07. The first kappa shape index (κ1) is 18.3. The lowest BCUT2D eigenvalue weighted by Gasteiger charge is -2.23. The first-order valence-electron chi connectivity index (χ1n) is 10.00. The number of hydrogen-bond acceptors (Lipinski definition) is 3. The van der Waals surface area contributed by atoms with Gasteiger partial charge >= 0.3 is 0 Å². The zero-order valence-corrected chi connectivity index (χ0v) is 16.5. The van der Waals surface area contributed by atoms with Crippen molar-refractivity contribution < 1.29 is 14.4 Å². The van der Waals surface area contributed by atoms with Gasteiger partial charge in [0, 0.05) is 17.3 Å². The van der Waals surface area contributed by atoms with Crippen LogP contribution < -0.4 is 4.90 Å². The summed E-state index contributed by atoms with van der Waals surface area (Å²) in [5.74, 6) is -0.601. The van der Waals surface area contributed by atoms with Crippen molar-refractivity contribution >= 4 is 23.4 Å². The van der Waals surface area contributed by atoms with Crippen molar-refractivity contribution in [2.24, 2.45) is 0 Å². The number of para-hydroxylation sites is 1. The number of carbonyl (C=O) groups excluding carboxylic acids is 3. The van der Waals surface area contributed by atoms with Gasteiger partial charge in [0.05, 0.1) is 17.7 Å². The molecule has 3 aromatic carbocycles. The Morgan fingerprint density at radius 2 is 1.47 bits per heavy atom. The van der Waals surface area contributed by atoms with Gasteiger partial charge in [0.2, 0.25) is 0 Å². The van der Waals surface area contributed by atoms with E-state index in [0.717, 1.165) is 17.7 Å². The standard InChI is InChI=1S/C25H20N2O3/c1-16-14-19-6-2-5-9-22(19)27(16)23(28)18-12-10-17(11-13-18)15-26-24(29)20-7-3-4-8-21(20)25(26)30/h2-13,16H,14-15H2,1H3/t16-/m0/s1. The van der Waals surface area contributed by atoms with E-state index in [2.05, 4.69) is 13.0 Å². The van der Waals surface area contributed by atoms with E-state index in [1.807, 2.05) is 35.2 Å². The third-order valence-electron chi connectivity index (χ3n) is 5.85. The Hall–Kier alpha value is -3.73. The van der Waals surface area contributed by atoms with Gasteiger partial charge < -0.3 is 4.90 Å². The van der Waals surface area contributed by atoms with Crippen LogP contribution in [0.2, 0.25) is 0 Å². The lowest BCUT2D eigenvalue weighted by molar-refractivity contribution is 0.0642. The van der Waals surface area contributed by atoms with Crippen LogP contribution in [-0.2, 0) is 13.0 Å². The highest BCUT2D eigenvalue weighted by Crippen LogP contribution is 2.33. The van der Waals surface area contributed by atoms with Gasteiger partial charge in [0.25, 0.3) is 17.7 Å². The Morgan fingerprint density at radius 3 is 2.13 bits per heavy atom. The lowest BCUT2D eigenvalue weighted by Crippen LogP contribution is -2.35. The predicted molar refractivity (Wildman–Crippen MR) is 114 cm³/mol. The number of nitrogens with zero attached hydrogens (tertiary/aromatic N) is 2. The van der Waals surface area contributed by atoms with Crippen LogP contribution in [0, 0.1) is 0 Å². The van der Waals surface area contributed by atoms with Crippen LogP contribution in [0.1, 0.15) is 49.1 Å². The van der Waals surface area contributed by atoms with Crippen LogP contribution in [0.25, 0.3) is 0 Å². The third kappa shape index (κ3) is 2.82. The molecule has 0 radical (unpaired) electrons. The maximum Gasteiger partial charge on any atom is 0.261 e. The fourth-order valence-electron chi connectivity index (χ4n) is 4.33. The average molecular weight is 396 g/mol. The summed E-state index contributed by atoms with van der Waals surface area (Å²) in [6, 6.07) is 22.1. The highest BCUT2D eigenvalue weighted by molar-refractivity contribution is 6.21. The van der Waals surface area contributed by atoms with E-state index in [1.165, 1.54) is 10.5 Å². The molecule has 0 aromatic heterocycles. The summed E-state index contributed by atoms with van der Waals surface area (Å²) >= 11 is 0. The van der Waals surface area contributed by atoms with Crippen molar-refractivity contribution in [1.82, 2.24) is 4.90 Å². The highest BCUT2D eigenvalue weighted by atomic mass is 16.2. The van der Waals surface area contributed by atoms with Crippen molar-refractivity contribution in [3.05, 3.63) is 101 Å². The van der Waals surface area contributed by atoms with Crippen LogP contribution in [0.4, 0.5) is 5.69 Å². The number of amides is 3. The Morgan fingerprint density at radius 1 is 0.867 bits per heavy atom. The van der Waals surface area contributed by atoms with Gasteiger partial charge in [-0.25, -0.2) is 0 Å². The summed E-state index contributed by atoms with van der Waals surface area (Å²) in [6.45, 7) is 2.23. The van der Waals surface area contributed by atoms with E-state index < -0.39 is 0 Å². The normalized spacial score (nSPS) is 17.3. The van der Waals surface area contributed by atoms with E-state index >= 15 is 0 Å². The Labute approximate surface area is 174 Å². The summed E-state index contributed by atoms with van der Waals surface area (Å²) in [7, 11) is 0. The quantitative estimate of drug-likeness (QED) is 0.627. The molecule has 0 spiro atoms.